The van der Waals surface area contributed by atoms with E-state index in [0.717, 1.165) is 17.7 Å². The van der Waals surface area contributed by atoms with Crippen LogP contribution in [0.4, 0.5) is 14.5 Å². The van der Waals surface area contributed by atoms with Crippen molar-refractivity contribution < 1.29 is 8.78 Å². The zero-order chi connectivity index (χ0) is 14.8. The zero-order valence-corrected chi connectivity index (χ0v) is 12.0. The number of hydrogen-bond donors (Lipinski definition) is 1. The van der Waals surface area contributed by atoms with Crippen LogP contribution in [-0.2, 0) is 12.0 Å². The lowest BCUT2D eigenvalue weighted by atomic mass is 9.87. The van der Waals surface area contributed by atoms with Crippen molar-refractivity contribution in [3.8, 4) is 0 Å². The van der Waals surface area contributed by atoms with Crippen molar-refractivity contribution in [1.29, 1.82) is 0 Å². The summed E-state index contributed by atoms with van der Waals surface area (Å²) in [5.74, 6) is -0.894. The molecule has 0 fully saturated rings. The molecule has 1 nitrogen and oxygen atoms in total. The van der Waals surface area contributed by atoms with Crippen molar-refractivity contribution in [1.82, 2.24) is 0 Å². The van der Waals surface area contributed by atoms with Gasteiger partial charge in [0.05, 0.1) is 5.69 Å². The first kappa shape index (κ1) is 14.5. The molecule has 106 valence electrons. The molecule has 1 N–H and O–H groups in total. The Hall–Kier alpha value is -1.90. The summed E-state index contributed by atoms with van der Waals surface area (Å²) in [7, 11) is 0. The van der Waals surface area contributed by atoms with Gasteiger partial charge in [0.2, 0.25) is 0 Å². The summed E-state index contributed by atoms with van der Waals surface area (Å²) in [6.07, 6.45) is 0. The number of hydrogen-bond acceptors (Lipinski definition) is 1. The van der Waals surface area contributed by atoms with Crippen molar-refractivity contribution in [3.05, 3.63) is 65.2 Å². The summed E-state index contributed by atoms with van der Waals surface area (Å²) >= 11 is 0. The molecule has 0 atom stereocenters. The number of halogens is 2. The summed E-state index contributed by atoms with van der Waals surface area (Å²) in [4.78, 5) is 0. The third kappa shape index (κ3) is 3.56. The van der Waals surface area contributed by atoms with E-state index in [1.54, 1.807) is 0 Å². The fraction of sp³-hybridized carbons (Fsp3) is 0.294. The molecule has 0 amide bonds. The molecule has 3 heteroatoms. The summed E-state index contributed by atoms with van der Waals surface area (Å²) in [5.41, 5.74) is 2.57. The van der Waals surface area contributed by atoms with Gasteiger partial charge in [0, 0.05) is 6.54 Å². The van der Waals surface area contributed by atoms with E-state index in [2.05, 4.69) is 38.2 Å². The van der Waals surface area contributed by atoms with E-state index in [1.807, 2.05) is 12.1 Å². The highest BCUT2D eigenvalue weighted by atomic mass is 19.1. The average molecular weight is 275 g/mol. The number of anilines is 1. The lowest BCUT2D eigenvalue weighted by Gasteiger charge is -2.19. The molecule has 0 heterocycles. The molecule has 0 spiro atoms. The van der Waals surface area contributed by atoms with Gasteiger partial charge in [0.15, 0.2) is 0 Å². The molecule has 2 aromatic rings. The molecule has 2 aromatic carbocycles. The molecule has 0 aliphatic rings. The van der Waals surface area contributed by atoms with Gasteiger partial charge in [-0.1, -0.05) is 45.0 Å². The fourth-order valence-electron chi connectivity index (χ4n) is 1.95. The Morgan fingerprint density at radius 1 is 0.950 bits per heavy atom. The predicted molar refractivity (Wildman–Crippen MR) is 78.8 cm³/mol. The van der Waals surface area contributed by atoms with Crippen LogP contribution in [0.25, 0.3) is 0 Å². The van der Waals surface area contributed by atoms with Crippen LogP contribution in [-0.4, -0.2) is 0 Å². The van der Waals surface area contributed by atoms with E-state index in [9.17, 15) is 8.78 Å². The van der Waals surface area contributed by atoms with E-state index in [1.165, 1.54) is 11.6 Å². The molecule has 0 aliphatic heterocycles. The summed E-state index contributed by atoms with van der Waals surface area (Å²) in [6.45, 7) is 6.93. The highest BCUT2D eigenvalue weighted by Crippen LogP contribution is 2.22. The van der Waals surface area contributed by atoms with Crippen LogP contribution in [0.1, 0.15) is 31.9 Å². The zero-order valence-electron chi connectivity index (χ0n) is 12.0. The maximum absolute atomic E-state index is 13.5. The van der Waals surface area contributed by atoms with Gasteiger partial charge in [-0.25, -0.2) is 8.78 Å². The Bertz CT molecular complexity index is 583. The normalized spacial score (nSPS) is 11.4. The monoisotopic (exact) mass is 275 g/mol. The second kappa shape index (κ2) is 5.61. The van der Waals surface area contributed by atoms with E-state index >= 15 is 0 Å². The molecule has 0 saturated carbocycles. The maximum atomic E-state index is 13.5. The quantitative estimate of drug-likeness (QED) is 0.842. The Labute approximate surface area is 118 Å². The van der Waals surface area contributed by atoms with Gasteiger partial charge in [-0.15, -0.1) is 0 Å². The molecule has 0 unspecified atom stereocenters. The third-order valence-electron chi connectivity index (χ3n) is 3.23. The van der Waals surface area contributed by atoms with Gasteiger partial charge in [0.25, 0.3) is 0 Å². The van der Waals surface area contributed by atoms with Gasteiger partial charge in [0.1, 0.15) is 11.6 Å². The van der Waals surface area contributed by atoms with E-state index < -0.39 is 11.6 Å². The standard InChI is InChI=1S/C17H19F2N/c1-17(2,3)13-6-4-12(5-7-13)11-20-16-10-14(18)8-9-15(16)19/h4-10,20H,11H2,1-3H3. The Kier molecular flexibility index (Phi) is 4.07. The predicted octanol–water partition coefficient (Wildman–Crippen LogP) is 4.87. The number of benzene rings is 2. The Morgan fingerprint density at radius 2 is 1.60 bits per heavy atom. The highest BCUT2D eigenvalue weighted by molar-refractivity contribution is 5.45. The van der Waals surface area contributed by atoms with Gasteiger partial charge in [-0.2, -0.15) is 0 Å². The topological polar surface area (TPSA) is 12.0 Å². The van der Waals surface area contributed by atoms with E-state index in [-0.39, 0.29) is 11.1 Å². The first-order valence-electron chi connectivity index (χ1n) is 6.64. The van der Waals surface area contributed by atoms with Gasteiger partial charge >= 0.3 is 0 Å². The first-order valence-corrected chi connectivity index (χ1v) is 6.64. The molecule has 0 aliphatic carbocycles. The molecule has 0 bridgehead atoms. The minimum absolute atomic E-state index is 0.112. The van der Waals surface area contributed by atoms with Gasteiger partial charge in [-0.3, -0.25) is 0 Å². The number of rotatable bonds is 3. The van der Waals surface area contributed by atoms with Crippen LogP contribution < -0.4 is 5.32 Å². The van der Waals surface area contributed by atoms with Crippen LogP contribution in [0.2, 0.25) is 0 Å². The Balaban J connectivity index is 2.06. The second-order valence-corrected chi connectivity index (χ2v) is 5.92. The SMILES string of the molecule is CC(C)(C)c1ccc(CNc2cc(F)ccc2F)cc1. The second-order valence-electron chi connectivity index (χ2n) is 5.92. The van der Waals surface area contributed by atoms with Crippen LogP contribution in [0.3, 0.4) is 0 Å². The van der Waals surface area contributed by atoms with E-state index in [0.29, 0.717) is 6.54 Å². The van der Waals surface area contributed by atoms with Crippen LogP contribution in [0.15, 0.2) is 42.5 Å². The Morgan fingerprint density at radius 3 is 2.20 bits per heavy atom. The maximum Gasteiger partial charge on any atom is 0.146 e. The van der Waals surface area contributed by atoms with Crippen molar-refractivity contribution in [2.45, 2.75) is 32.7 Å². The summed E-state index contributed by atoms with van der Waals surface area (Å²) < 4.78 is 26.5. The average Bonchev–Trinajstić information content (AvgIpc) is 2.39. The van der Waals surface area contributed by atoms with Crippen LogP contribution >= 0.6 is 0 Å². The highest BCUT2D eigenvalue weighted by Gasteiger charge is 2.12. The molecule has 20 heavy (non-hydrogen) atoms. The van der Waals surface area contributed by atoms with Crippen molar-refractivity contribution in [2.75, 3.05) is 5.32 Å². The van der Waals surface area contributed by atoms with Crippen LogP contribution in [0.5, 0.6) is 0 Å². The minimum Gasteiger partial charge on any atom is -0.379 e. The molecule has 0 saturated heterocycles. The number of nitrogens with one attached hydrogen (secondary N) is 1. The summed E-state index contributed by atoms with van der Waals surface area (Å²) in [6, 6.07) is 11.5. The lowest BCUT2D eigenvalue weighted by molar-refractivity contribution is 0.590. The molecule has 2 rings (SSSR count). The van der Waals surface area contributed by atoms with E-state index in [4.69, 9.17) is 0 Å². The van der Waals surface area contributed by atoms with Gasteiger partial charge in [-0.05, 0) is 34.7 Å². The minimum atomic E-state index is -0.447. The lowest BCUT2D eigenvalue weighted by Crippen LogP contribution is -2.11. The van der Waals surface area contributed by atoms with Crippen molar-refractivity contribution in [2.24, 2.45) is 0 Å². The first-order chi connectivity index (χ1) is 9.36. The molecular formula is C17H19F2N. The largest absolute Gasteiger partial charge is 0.379 e. The molecule has 0 radical (unpaired) electrons. The van der Waals surface area contributed by atoms with Crippen molar-refractivity contribution >= 4 is 5.69 Å². The smallest absolute Gasteiger partial charge is 0.146 e. The third-order valence-corrected chi connectivity index (χ3v) is 3.23. The fourth-order valence-corrected chi connectivity index (χ4v) is 1.95. The summed E-state index contributed by atoms with van der Waals surface area (Å²) in [5, 5.41) is 2.91. The van der Waals surface area contributed by atoms with Crippen molar-refractivity contribution in [3.63, 3.8) is 0 Å². The van der Waals surface area contributed by atoms with Crippen LogP contribution in [0, 0.1) is 11.6 Å². The van der Waals surface area contributed by atoms with Gasteiger partial charge < -0.3 is 5.32 Å². The molecular weight excluding hydrogens is 256 g/mol. The molecule has 0 aromatic heterocycles.